The maximum absolute atomic E-state index is 8.95. The van der Waals surface area contributed by atoms with Crippen LogP contribution in [0.5, 0.6) is 0 Å². The molecule has 4 heteroatoms. The lowest BCUT2D eigenvalue weighted by Gasteiger charge is -2.27. The number of aliphatic hydroxyl groups is 1. The smallest absolute Gasteiger partial charge is 0.170 e. The van der Waals surface area contributed by atoms with E-state index in [2.05, 4.69) is 0 Å². The highest BCUT2D eigenvalue weighted by Gasteiger charge is 2.14. The standard InChI is InChI=1S/C10H23NO3/c1-5-13-10(14-6-2)7-11(4)9(3)8-12/h9-10,12H,5-8H2,1-4H3. The van der Waals surface area contributed by atoms with E-state index in [4.69, 9.17) is 14.6 Å². The molecule has 0 aromatic heterocycles. The van der Waals surface area contributed by atoms with Gasteiger partial charge < -0.3 is 14.6 Å². The fourth-order valence-electron chi connectivity index (χ4n) is 1.08. The summed E-state index contributed by atoms with van der Waals surface area (Å²) in [7, 11) is 1.95. The van der Waals surface area contributed by atoms with Crippen molar-refractivity contribution in [1.82, 2.24) is 4.90 Å². The SMILES string of the molecule is CCOC(CN(C)C(C)CO)OCC. The van der Waals surface area contributed by atoms with Gasteiger partial charge in [-0.2, -0.15) is 0 Å². The summed E-state index contributed by atoms with van der Waals surface area (Å²) in [6, 6.07) is 0.137. The number of nitrogens with zero attached hydrogens (tertiary/aromatic N) is 1. The van der Waals surface area contributed by atoms with Crippen LogP contribution in [0.2, 0.25) is 0 Å². The molecule has 0 heterocycles. The second kappa shape index (κ2) is 8.17. The molecular weight excluding hydrogens is 182 g/mol. The number of rotatable bonds is 8. The predicted molar refractivity (Wildman–Crippen MR) is 56.2 cm³/mol. The van der Waals surface area contributed by atoms with E-state index in [1.807, 2.05) is 32.7 Å². The van der Waals surface area contributed by atoms with E-state index in [1.165, 1.54) is 0 Å². The Labute approximate surface area is 86.8 Å². The molecule has 0 aliphatic carbocycles. The fourth-order valence-corrected chi connectivity index (χ4v) is 1.08. The second-order valence-corrected chi connectivity index (χ2v) is 3.31. The van der Waals surface area contributed by atoms with Gasteiger partial charge in [0.05, 0.1) is 6.61 Å². The summed E-state index contributed by atoms with van der Waals surface area (Å²) in [5.74, 6) is 0. The summed E-state index contributed by atoms with van der Waals surface area (Å²) in [5, 5.41) is 8.95. The van der Waals surface area contributed by atoms with Gasteiger partial charge in [0, 0.05) is 25.8 Å². The van der Waals surface area contributed by atoms with Gasteiger partial charge >= 0.3 is 0 Å². The van der Waals surface area contributed by atoms with Crippen LogP contribution in [0.15, 0.2) is 0 Å². The van der Waals surface area contributed by atoms with Gasteiger partial charge in [0.25, 0.3) is 0 Å². The fraction of sp³-hybridized carbons (Fsp3) is 1.00. The first-order chi connectivity index (χ1) is 6.65. The van der Waals surface area contributed by atoms with Crippen molar-refractivity contribution >= 4 is 0 Å². The maximum Gasteiger partial charge on any atom is 0.170 e. The minimum absolute atomic E-state index is 0.137. The van der Waals surface area contributed by atoms with Crippen LogP contribution in [0, 0.1) is 0 Å². The molecule has 0 radical (unpaired) electrons. The summed E-state index contributed by atoms with van der Waals surface area (Å²) < 4.78 is 10.8. The summed E-state index contributed by atoms with van der Waals surface area (Å²) in [6.45, 7) is 7.99. The van der Waals surface area contributed by atoms with E-state index in [0.29, 0.717) is 19.8 Å². The van der Waals surface area contributed by atoms with Gasteiger partial charge in [0.15, 0.2) is 6.29 Å². The van der Waals surface area contributed by atoms with E-state index in [1.54, 1.807) is 0 Å². The number of aliphatic hydroxyl groups excluding tert-OH is 1. The van der Waals surface area contributed by atoms with E-state index < -0.39 is 0 Å². The molecule has 0 rings (SSSR count). The molecule has 0 aromatic carbocycles. The molecule has 0 amide bonds. The summed E-state index contributed by atoms with van der Waals surface area (Å²) in [6.07, 6.45) is -0.191. The predicted octanol–water partition coefficient (Wildman–Crippen LogP) is 0.698. The molecule has 1 atom stereocenters. The van der Waals surface area contributed by atoms with Crippen LogP contribution in [-0.4, -0.2) is 55.8 Å². The lowest BCUT2D eigenvalue weighted by atomic mass is 10.3. The molecule has 86 valence electrons. The zero-order valence-electron chi connectivity index (χ0n) is 9.69. The monoisotopic (exact) mass is 205 g/mol. The molecule has 1 N–H and O–H groups in total. The number of hydrogen-bond donors (Lipinski definition) is 1. The van der Waals surface area contributed by atoms with Crippen LogP contribution in [-0.2, 0) is 9.47 Å². The Hall–Kier alpha value is -0.160. The number of likely N-dealkylation sites (N-methyl/N-ethyl adjacent to an activating group) is 1. The molecule has 0 aromatic rings. The van der Waals surface area contributed by atoms with Crippen molar-refractivity contribution < 1.29 is 14.6 Å². The van der Waals surface area contributed by atoms with Gasteiger partial charge in [-0.1, -0.05) is 0 Å². The van der Waals surface area contributed by atoms with Gasteiger partial charge in [-0.3, -0.25) is 4.90 Å². The minimum Gasteiger partial charge on any atom is -0.395 e. The first-order valence-electron chi connectivity index (χ1n) is 5.19. The highest BCUT2D eigenvalue weighted by Crippen LogP contribution is 2.01. The van der Waals surface area contributed by atoms with E-state index in [9.17, 15) is 0 Å². The highest BCUT2D eigenvalue weighted by molar-refractivity contribution is 4.63. The van der Waals surface area contributed by atoms with Crippen molar-refractivity contribution in [2.45, 2.75) is 33.1 Å². The Morgan fingerprint density at radius 3 is 2.07 bits per heavy atom. The Balaban J connectivity index is 3.87. The lowest BCUT2D eigenvalue weighted by molar-refractivity contribution is -0.148. The molecule has 0 saturated heterocycles. The average molecular weight is 205 g/mol. The van der Waals surface area contributed by atoms with Crippen LogP contribution in [0.3, 0.4) is 0 Å². The molecule has 0 saturated carbocycles. The third-order valence-corrected chi connectivity index (χ3v) is 2.16. The average Bonchev–Trinajstić information content (AvgIpc) is 2.17. The molecule has 0 aliphatic heterocycles. The minimum atomic E-state index is -0.191. The third-order valence-electron chi connectivity index (χ3n) is 2.16. The summed E-state index contributed by atoms with van der Waals surface area (Å²) in [4.78, 5) is 2.02. The normalized spacial score (nSPS) is 13.9. The van der Waals surface area contributed by atoms with Crippen molar-refractivity contribution in [3.05, 3.63) is 0 Å². The second-order valence-electron chi connectivity index (χ2n) is 3.31. The van der Waals surface area contributed by atoms with Gasteiger partial charge in [0.2, 0.25) is 0 Å². The quantitative estimate of drug-likeness (QED) is 0.592. The van der Waals surface area contributed by atoms with E-state index >= 15 is 0 Å². The van der Waals surface area contributed by atoms with Crippen molar-refractivity contribution in [2.24, 2.45) is 0 Å². The molecule has 1 unspecified atom stereocenters. The van der Waals surface area contributed by atoms with Crippen LogP contribution < -0.4 is 0 Å². The van der Waals surface area contributed by atoms with Crippen LogP contribution in [0.1, 0.15) is 20.8 Å². The molecule has 14 heavy (non-hydrogen) atoms. The first kappa shape index (κ1) is 13.8. The molecular formula is C10H23NO3. The van der Waals surface area contributed by atoms with Gasteiger partial charge in [-0.05, 0) is 27.8 Å². The molecule has 0 fully saturated rings. The Morgan fingerprint density at radius 2 is 1.71 bits per heavy atom. The van der Waals surface area contributed by atoms with Crippen LogP contribution in [0.4, 0.5) is 0 Å². The van der Waals surface area contributed by atoms with Gasteiger partial charge in [-0.15, -0.1) is 0 Å². The molecule has 0 spiro atoms. The third kappa shape index (κ3) is 5.54. The Bertz CT molecular complexity index is 127. The zero-order chi connectivity index (χ0) is 11.0. The summed E-state index contributed by atoms with van der Waals surface area (Å²) in [5.41, 5.74) is 0. The largest absolute Gasteiger partial charge is 0.395 e. The van der Waals surface area contributed by atoms with Crippen LogP contribution in [0.25, 0.3) is 0 Å². The van der Waals surface area contributed by atoms with Gasteiger partial charge in [-0.25, -0.2) is 0 Å². The van der Waals surface area contributed by atoms with E-state index in [-0.39, 0.29) is 18.9 Å². The van der Waals surface area contributed by atoms with Crippen LogP contribution >= 0.6 is 0 Å². The van der Waals surface area contributed by atoms with Crippen molar-refractivity contribution in [3.8, 4) is 0 Å². The number of ether oxygens (including phenoxy) is 2. The lowest BCUT2D eigenvalue weighted by Crippen LogP contribution is -2.40. The molecule has 0 bridgehead atoms. The van der Waals surface area contributed by atoms with Gasteiger partial charge in [0.1, 0.15) is 0 Å². The molecule has 4 nitrogen and oxygen atoms in total. The zero-order valence-corrected chi connectivity index (χ0v) is 9.69. The van der Waals surface area contributed by atoms with Crippen molar-refractivity contribution in [3.63, 3.8) is 0 Å². The van der Waals surface area contributed by atoms with Crippen molar-refractivity contribution in [1.29, 1.82) is 0 Å². The maximum atomic E-state index is 8.95. The summed E-state index contributed by atoms with van der Waals surface area (Å²) >= 11 is 0. The topological polar surface area (TPSA) is 41.9 Å². The molecule has 0 aliphatic rings. The van der Waals surface area contributed by atoms with E-state index in [0.717, 1.165) is 0 Å². The Kier molecular flexibility index (Phi) is 8.08. The highest BCUT2D eigenvalue weighted by atomic mass is 16.7. The Morgan fingerprint density at radius 1 is 1.21 bits per heavy atom. The first-order valence-corrected chi connectivity index (χ1v) is 5.19. The number of hydrogen-bond acceptors (Lipinski definition) is 4. The van der Waals surface area contributed by atoms with Crippen molar-refractivity contribution in [2.75, 3.05) is 33.4 Å².